The summed E-state index contributed by atoms with van der Waals surface area (Å²) in [5, 5.41) is 8.86. The van der Waals surface area contributed by atoms with Gasteiger partial charge in [0.25, 0.3) is 0 Å². The van der Waals surface area contributed by atoms with Gasteiger partial charge in [0.2, 0.25) is 9.70 Å². The monoisotopic (exact) mass is 423 g/mol. The number of anilines is 1. The summed E-state index contributed by atoms with van der Waals surface area (Å²) in [5.74, 6) is -0.188. The fraction of sp³-hybridized carbons (Fsp3) is 0.529. The highest BCUT2D eigenvalue weighted by Crippen LogP contribution is 2.29. The molecule has 3 N–H and O–H groups in total. The Morgan fingerprint density at radius 3 is 2.44 bits per heavy atom. The van der Waals surface area contributed by atoms with Crippen molar-refractivity contribution >= 4 is 63.7 Å². The Labute approximate surface area is 170 Å². The molecule has 0 heterocycles. The van der Waals surface area contributed by atoms with Gasteiger partial charge >= 0.3 is 0 Å². The number of carbonyl (C=O) groups is 1. The molecule has 0 radical (unpaired) electrons. The Hall–Kier alpha value is -0.750. The molecule has 1 atom stereocenters. The molecule has 8 heteroatoms. The molecule has 0 saturated carbocycles. The maximum absolute atomic E-state index is 12.0. The van der Waals surface area contributed by atoms with Crippen LogP contribution in [0.3, 0.4) is 0 Å². The van der Waals surface area contributed by atoms with Gasteiger partial charge in [0.15, 0.2) is 5.11 Å². The molecular formula is C17H24Cl3N3OS. The average Bonchev–Trinajstić information content (AvgIpc) is 2.49. The molecule has 0 fully saturated rings. The number of amides is 1. The normalized spacial score (nSPS) is 12.4. The Morgan fingerprint density at radius 2 is 1.88 bits per heavy atom. The molecule has 25 heavy (non-hydrogen) atoms. The number of benzene rings is 1. The van der Waals surface area contributed by atoms with Gasteiger partial charge < -0.3 is 16.0 Å². The second-order valence-electron chi connectivity index (χ2n) is 5.92. The SMILES string of the molecule is CCCCCC(=O)N[C@@H](NC(=S)Nc1ccc(C)cc1C)C(Cl)(Cl)Cl. The standard InChI is InChI=1S/C17H24Cl3N3OS/c1-4-5-6-7-14(24)22-15(17(18,19)20)23-16(25)21-13-9-8-11(2)10-12(13)3/h8-10,15H,4-7H2,1-3H3,(H,22,24)(H2,21,23,25)/t15-/m0/s1. The van der Waals surface area contributed by atoms with Crippen LogP contribution in [-0.2, 0) is 4.79 Å². The molecule has 4 nitrogen and oxygen atoms in total. The van der Waals surface area contributed by atoms with Crippen LogP contribution in [0.4, 0.5) is 5.69 Å². The minimum Gasteiger partial charge on any atom is -0.339 e. The van der Waals surface area contributed by atoms with Crippen LogP contribution >= 0.6 is 47.0 Å². The molecule has 1 aromatic carbocycles. The largest absolute Gasteiger partial charge is 0.339 e. The van der Waals surface area contributed by atoms with Crippen LogP contribution in [0.1, 0.15) is 43.7 Å². The summed E-state index contributed by atoms with van der Waals surface area (Å²) in [6, 6.07) is 5.93. The van der Waals surface area contributed by atoms with Crippen LogP contribution in [0.2, 0.25) is 0 Å². The van der Waals surface area contributed by atoms with E-state index in [-0.39, 0.29) is 11.0 Å². The lowest BCUT2D eigenvalue weighted by Crippen LogP contribution is -2.56. The van der Waals surface area contributed by atoms with Crippen molar-refractivity contribution in [3.8, 4) is 0 Å². The van der Waals surface area contributed by atoms with Gasteiger partial charge in [0, 0.05) is 12.1 Å². The maximum Gasteiger partial charge on any atom is 0.228 e. The molecule has 0 bridgehead atoms. The van der Waals surface area contributed by atoms with Crippen molar-refractivity contribution in [2.75, 3.05) is 5.32 Å². The Morgan fingerprint density at radius 1 is 1.20 bits per heavy atom. The van der Waals surface area contributed by atoms with E-state index < -0.39 is 9.96 Å². The van der Waals surface area contributed by atoms with E-state index in [1.54, 1.807) is 0 Å². The molecule has 0 saturated heterocycles. The zero-order valence-electron chi connectivity index (χ0n) is 14.6. The highest BCUT2D eigenvalue weighted by molar-refractivity contribution is 7.80. The molecule has 0 aliphatic rings. The van der Waals surface area contributed by atoms with Crippen molar-refractivity contribution in [1.29, 1.82) is 0 Å². The van der Waals surface area contributed by atoms with Crippen molar-refractivity contribution in [3.63, 3.8) is 0 Å². The van der Waals surface area contributed by atoms with Crippen molar-refractivity contribution in [2.24, 2.45) is 0 Å². The first kappa shape index (κ1) is 22.3. The summed E-state index contributed by atoms with van der Waals surface area (Å²) >= 11 is 23.2. The minimum atomic E-state index is -1.74. The molecule has 1 aromatic rings. The summed E-state index contributed by atoms with van der Waals surface area (Å²) in [6.07, 6.45) is 2.25. The van der Waals surface area contributed by atoms with Crippen LogP contribution in [0.5, 0.6) is 0 Å². The van der Waals surface area contributed by atoms with Gasteiger partial charge in [-0.05, 0) is 44.1 Å². The first-order valence-electron chi connectivity index (χ1n) is 8.14. The average molecular weight is 425 g/mol. The van der Waals surface area contributed by atoms with Crippen LogP contribution in [0.15, 0.2) is 18.2 Å². The maximum atomic E-state index is 12.0. The number of rotatable bonds is 7. The Balaban J connectivity index is 2.68. The summed E-state index contributed by atoms with van der Waals surface area (Å²) in [5.41, 5.74) is 3.04. The number of carbonyl (C=O) groups excluding carboxylic acids is 1. The number of hydrogen-bond acceptors (Lipinski definition) is 2. The van der Waals surface area contributed by atoms with E-state index in [4.69, 9.17) is 47.0 Å². The highest BCUT2D eigenvalue weighted by Gasteiger charge is 2.34. The van der Waals surface area contributed by atoms with Gasteiger partial charge in [-0.3, -0.25) is 4.79 Å². The summed E-state index contributed by atoms with van der Waals surface area (Å²) < 4.78 is -1.74. The number of alkyl halides is 3. The van der Waals surface area contributed by atoms with E-state index in [0.717, 1.165) is 36.1 Å². The zero-order valence-corrected chi connectivity index (χ0v) is 17.7. The number of aryl methyl sites for hydroxylation is 2. The Kier molecular flexibility index (Phi) is 9.28. The fourth-order valence-electron chi connectivity index (χ4n) is 2.21. The highest BCUT2D eigenvalue weighted by atomic mass is 35.6. The van der Waals surface area contributed by atoms with Gasteiger partial charge in [0.1, 0.15) is 6.17 Å². The number of nitrogens with one attached hydrogen (secondary N) is 3. The van der Waals surface area contributed by atoms with E-state index in [1.165, 1.54) is 0 Å². The number of thiocarbonyl (C=S) groups is 1. The van der Waals surface area contributed by atoms with E-state index in [0.29, 0.717) is 6.42 Å². The topological polar surface area (TPSA) is 53.2 Å². The van der Waals surface area contributed by atoms with E-state index in [2.05, 4.69) is 22.9 Å². The molecule has 0 aliphatic heterocycles. The molecule has 1 rings (SSSR count). The lowest BCUT2D eigenvalue weighted by atomic mass is 10.1. The third-order valence-corrected chi connectivity index (χ3v) is 4.42. The first-order valence-corrected chi connectivity index (χ1v) is 9.68. The van der Waals surface area contributed by atoms with Crippen molar-refractivity contribution in [1.82, 2.24) is 10.6 Å². The van der Waals surface area contributed by atoms with Crippen LogP contribution in [0.25, 0.3) is 0 Å². The Bertz CT molecular complexity index is 605. The lowest BCUT2D eigenvalue weighted by molar-refractivity contribution is -0.122. The van der Waals surface area contributed by atoms with Crippen molar-refractivity contribution in [2.45, 2.75) is 56.4 Å². The van der Waals surface area contributed by atoms with E-state index in [1.807, 2.05) is 32.0 Å². The first-order chi connectivity index (χ1) is 11.6. The van der Waals surface area contributed by atoms with Gasteiger partial charge in [0.05, 0.1) is 0 Å². The third-order valence-electron chi connectivity index (χ3n) is 3.55. The van der Waals surface area contributed by atoms with E-state index >= 15 is 0 Å². The van der Waals surface area contributed by atoms with Crippen LogP contribution in [0, 0.1) is 13.8 Å². The van der Waals surface area contributed by atoms with Crippen molar-refractivity contribution in [3.05, 3.63) is 29.3 Å². The van der Waals surface area contributed by atoms with Gasteiger partial charge in [-0.25, -0.2) is 0 Å². The molecule has 0 spiro atoms. The smallest absolute Gasteiger partial charge is 0.228 e. The van der Waals surface area contributed by atoms with Crippen molar-refractivity contribution < 1.29 is 4.79 Å². The van der Waals surface area contributed by atoms with Gasteiger partial charge in [-0.15, -0.1) is 0 Å². The van der Waals surface area contributed by atoms with Gasteiger partial charge in [-0.2, -0.15) is 0 Å². The molecule has 140 valence electrons. The predicted octanol–water partition coefficient (Wildman–Crippen LogP) is 4.98. The molecule has 0 unspecified atom stereocenters. The third kappa shape index (κ3) is 8.45. The van der Waals surface area contributed by atoms with Crippen LogP contribution in [-0.4, -0.2) is 21.0 Å². The predicted molar refractivity (Wildman–Crippen MR) is 112 cm³/mol. The minimum absolute atomic E-state index is 0.188. The lowest BCUT2D eigenvalue weighted by Gasteiger charge is -2.28. The number of unbranched alkanes of at least 4 members (excludes halogenated alkanes) is 2. The molecule has 0 aliphatic carbocycles. The summed E-state index contributed by atoms with van der Waals surface area (Å²) in [4.78, 5) is 12.0. The second-order valence-corrected chi connectivity index (χ2v) is 8.69. The fourth-order valence-corrected chi connectivity index (χ4v) is 2.77. The van der Waals surface area contributed by atoms with Gasteiger partial charge in [-0.1, -0.05) is 72.3 Å². The molecule has 0 aromatic heterocycles. The van der Waals surface area contributed by atoms with Crippen LogP contribution < -0.4 is 16.0 Å². The summed E-state index contributed by atoms with van der Waals surface area (Å²) in [6.45, 7) is 6.06. The number of hydrogen-bond donors (Lipinski definition) is 3. The molecular weight excluding hydrogens is 401 g/mol. The number of halogens is 3. The van der Waals surface area contributed by atoms with E-state index in [9.17, 15) is 4.79 Å². The summed E-state index contributed by atoms with van der Waals surface area (Å²) in [7, 11) is 0. The quantitative estimate of drug-likeness (QED) is 0.250. The molecule has 1 amide bonds. The zero-order chi connectivity index (χ0) is 19.0. The second kappa shape index (κ2) is 10.4.